The van der Waals surface area contributed by atoms with Crippen LogP contribution in [0.4, 0.5) is 16.3 Å². The summed E-state index contributed by atoms with van der Waals surface area (Å²) in [5.41, 5.74) is 1.66. The number of carbonyl (C=O) groups is 1. The van der Waals surface area contributed by atoms with E-state index in [0.29, 0.717) is 23.1 Å². The van der Waals surface area contributed by atoms with Gasteiger partial charge in [0, 0.05) is 16.9 Å². The highest BCUT2D eigenvalue weighted by Gasteiger charge is 2.17. The minimum atomic E-state index is -0.264. The van der Waals surface area contributed by atoms with Gasteiger partial charge in [0.25, 0.3) is 0 Å². The Kier molecular flexibility index (Phi) is 5.08. The predicted molar refractivity (Wildman–Crippen MR) is 97.3 cm³/mol. The van der Waals surface area contributed by atoms with Gasteiger partial charge in [0.15, 0.2) is 0 Å². The van der Waals surface area contributed by atoms with Gasteiger partial charge in [-0.05, 0) is 35.9 Å². The van der Waals surface area contributed by atoms with E-state index >= 15 is 0 Å². The summed E-state index contributed by atoms with van der Waals surface area (Å²) in [6.07, 6.45) is 1.67. The molecule has 120 valence electrons. The third kappa shape index (κ3) is 4.12. The van der Waals surface area contributed by atoms with E-state index in [1.165, 1.54) is 0 Å². The second-order valence-corrected chi connectivity index (χ2v) is 5.64. The van der Waals surface area contributed by atoms with E-state index < -0.39 is 0 Å². The Labute approximate surface area is 145 Å². The number of halogens is 1. The lowest BCUT2D eigenvalue weighted by molar-refractivity contribution is 0.256. The Balaban J connectivity index is 1.85. The number of rotatable bonds is 4. The maximum atomic E-state index is 12.8. The van der Waals surface area contributed by atoms with Crippen molar-refractivity contribution in [1.82, 2.24) is 4.98 Å². The quantitative estimate of drug-likeness (QED) is 0.730. The molecule has 5 heteroatoms. The number of carbonyl (C=O) groups excluding carboxylic acids is 1. The molecule has 4 nitrogen and oxygen atoms in total. The fourth-order valence-corrected chi connectivity index (χ4v) is 2.48. The minimum Gasteiger partial charge on any atom is -0.307 e. The van der Waals surface area contributed by atoms with Gasteiger partial charge in [-0.2, -0.15) is 0 Å². The molecule has 0 saturated carbocycles. The molecule has 3 aromatic rings. The van der Waals surface area contributed by atoms with Crippen molar-refractivity contribution in [3.63, 3.8) is 0 Å². The van der Waals surface area contributed by atoms with Gasteiger partial charge < -0.3 is 5.32 Å². The molecule has 1 N–H and O–H groups in total. The number of amides is 2. The smallest absolute Gasteiger partial charge is 0.307 e. The zero-order valence-corrected chi connectivity index (χ0v) is 13.6. The Hall–Kier alpha value is -2.85. The van der Waals surface area contributed by atoms with Crippen molar-refractivity contribution in [2.24, 2.45) is 0 Å². The second-order valence-electron chi connectivity index (χ2n) is 5.20. The molecule has 0 aliphatic heterocycles. The number of pyridine rings is 1. The van der Waals surface area contributed by atoms with Crippen LogP contribution in [0.2, 0.25) is 5.02 Å². The highest BCUT2D eigenvalue weighted by molar-refractivity contribution is 6.30. The summed E-state index contributed by atoms with van der Waals surface area (Å²) in [6.45, 7) is 0.421. The number of urea groups is 1. The predicted octanol–water partition coefficient (Wildman–Crippen LogP) is 4.97. The molecule has 0 aliphatic carbocycles. The van der Waals surface area contributed by atoms with Gasteiger partial charge in [-0.25, -0.2) is 9.78 Å². The fourth-order valence-electron chi connectivity index (χ4n) is 2.29. The van der Waals surface area contributed by atoms with E-state index in [-0.39, 0.29) is 6.03 Å². The summed E-state index contributed by atoms with van der Waals surface area (Å²) in [4.78, 5) is 18.6. The van der Waals surface area contributed by atoms with Crippen LogP contribution in [-0.2, 0) is 6.54 Å². The highest BCUT2D eigenvalue weighted by atomic mass is 35.5. The largest absolute Gasteiger partial charge is 0.327 e. The van der Waals surface area contributed by atoms with E-state index in [0.717, 1.165) is 5.56 Å². The summed E-state index contributed by atoms with van der Waals surface area (Å²) in [5.74, 6) is 0.584. The molecule has 0 spiro atoms. The molecule has 2 amide bonds. The molecule has 3 rings (SSSR count). The standard InChI is InChI=1S/C19H16ClN3O/c20-16-9-6-10-17(13-16)22-19(24)23(18-11-4-5-12-21-18)14-15-7-2-1-3-8-15/h1-13H,14H2,(H,22,24). The van der Waals surface area contributed by atoms with Crippen molar-refractivity contribution < 1.29 is 4.79 Å². The molecule has 0 fully saturated rings. The molecular formula is C19H16ClN3O. The Bertz CT molecular complexity index is 809. The monoisotopic (exact) mass is 337 g/mol. The first-order valence-electron chi connectivity index (χ1n) is 7.51. The summed E-state index contributed by atoms with van der Waals surface area (Å²) >= 11 is 5.98. The van der Waals surface area contributed by atoms with Crippen LogP contribution in [0.5, 0.6) is 0 Å². The van der Waals surface area contributed by atoms with E-state index in [4.69, 9.17) is 11.6 Å². The average molecular weight is 338 g/mol. The molecule has 0 unspecified atom stereocenters. The maximum absolute atomic E-state index is 12.8. The number of hydrogen-bond donors (Lipinski definition) is 1. The number of anilines is 2. The van der Waals surface area contributed by atoms with Crippen LogP contribution >= 0.6 is 11.6 Å². The van der Waals surface area contributed by atoms with Crippen LogP contribution in [0.15, 0.2) is 79.0 Å². The normalized spacial score (nSPS) is 10.2. The molecule has 0 radical (unpaired) electrons. The number of benzene rings is 2. The van der Waals surface area contributed by atoms with Gasteiger partial charge in [0.2, 0.25) is 0 Å². The Morgan fingerprint density at radius 2 is 1.79 bits per heavy atom. The van der Waals surface area contributed by atoms with E-state index in [9.17, 15) is 4.79 Å². The van der Waals surface area contributed by atoms with E-state index in [2.05, 4.69) is 10.3 Å². The lowest BCUT2D eigenvalue weighted by Crippen LogP contribution is -2.35. The fraction of sp³-hybridized carbons (Fsp3) is 0.0526. The number of aromatic nitrogens is 1. The lowest BCUT2D eigenvalue weighted by atomic mass is 10.2. The molecular weight excluding hydrogens is 322 g/mol. The Morgan fingerprint density at radius 1 is 1.00 bits per heavy atom. The number of nitrogens with zero attached hydrogens (tertiary/aromatic N) is 2. The molecule has 0 bridgehead atoms. The van der Waals surface area contributed by atoms with Crippen LogP contribution in [0.1, 0.15) is 5.56 Å². The van der Waals surface area contributed by atoms with E-state index in [1.807, 2.05) is 42.5 Å². The van der Waals surface area contributed by atoms with Gasteiger partial charge in [0.05, 0.1) is 6.54 Å². The molecule has 0 saturated heterocycles. The van der Waals surface area contributed by atoms with Crippen molar-refractivity contribution in [2.45, 2.75) is 6.54 Å². The summed E-state index contributed by atoms with van der Waals surface area (Å²) in [7, 11) is 0. The van der Waals surface area contributed by atoms with Crippen LogP contribution in [0.25, 0.3) is 0 Å². The Morgan fingerprint density at radius 3 is 2.50 bits per heavy atom. The van der Waals surface area contributed by atoms with Crippen LogP contribution in [0.3, 0.4) is 0 Å². The molecule has 24 heavy (non-hydrogen) atoms. The topological polar surface area (TPSA) is 45.2 Å². The first-order valence-corrected chi connectivity index (χ1v) is 7.89. The number of hydrogen-bond acceptors (Lipinski definition) is 2. The summed E-state index contributed by atoms with van der Waals surface area (Å²) in [5, 5.41) is 3.43. The van der Waals surface area contributed by atoms with Crippen molar-refractivity contribution in [3.05, 3.63) is 89.6 Å². The third-order valence-corrected chi connectivity index (χ3v) is 3.67. The van der Waals surface area contributed by atoms with Gasteiger partial charge in [-0.1, -0.05) is 54.1 Å². The highest BCUT2D eigenvalue weighted by Crippen LogP contribution is 2.19. The first kappa shape index (κ1) is 16.0. The zero-order chi connectivity index (χ0) is 16.8. The van der Waals surface area contributed by atoms with Crippen molar-refractivity contribution in [1.29, 1.82) is 0 Å². The van der Waals surface area contributed by atoms with Gasteiger partial charge in [0.1, 0.15) is 5.82 Å². The van der Waals surface area contributed by atoms with E-state index in [1.54, 1.807) is 41.4 Å². The van der Waals surface area contributed by atoms with Crippen LogP contribution < -0.4 is 10.2 Å². The van der Waals surface area contributed by atoms with Gasteiger partial charge >= 0.3 is 6.03 Å². The summed E-state index contributed by atoms with van der Waals surface area (Å²) in [6, 6.07) is 22.1. The van der Waals surface area contributed by atoms with Gasteiger partial charge in [-0.3, -0.25) is 4.90 Å². The second kappa shape index (κ2) is 7.62. The minimum absolute atomic E-state index is 0.264. The third-order valence-electron chi connectivity index (χ3n) is 3.43. The number of nitrogens with one attached hydrogen (secondary N) is 1. The summed E-state index contributed by atoms with van der Waals surface area (Å²) < 4.78 is 0. The molecule has 0 atom stereocenters. The van der Waals surface area contributed by atoms with Crippen molar-refractivity contribution >= 4 is 29.1 Å². The SMILES string of the molecule is O=C(Nc1cccc(Cl)c1)N(Cc1ccccc1)c1ccccn1. The molecule has 2 aromatic carbocycles. The van der Waals surface area contributed by atoms with Crippen LogP contribution in [0, 0.1) is 0 Å². The zero-order valence-electron chi connectivity index (χ0n) is 12.9. The molecule has 1 heterocycles. The lowest BCUT2D eigenvalue weighted by Gasteiger charge is -2.22. The van der Waals surface area contributed by atoms with Crippen molar-refractivity contribution in [2.75, 3.05) is 10.2 Å². The maximum Gasteiger partial charge on any atom is 0.327 e. The van der Waals surface area contributed by atoms with Gasteiger partial charge in [-0.15, -0.1) is 0 Å². The first-order chi connectivity index (χ1) is 11.7. The molecule has 0 aliphatic rings. The average Bonchev–Trinajstić information content (AvgIpc) is 2.61. The molecule has 1 aromatic heterocycles. The van der Waals surface area contributed by atoms with Crippen LogP contribution in [-0.4, -0.2) is 11.0 Å². The van der Waals surface area contributed by atoms with Crippen molar-refractivity contribution in [3.8, 4) is 0 Å².